The molecule has 0 saturated heterocycles. The number of aryl methyl sites for hydroxylation is 2. The summed E-state index contributed by atoms with van der Waals surface area (Å²) in [6.45, 7) is 6.71. The van der Waals surface area contributed by atoms with E-state index in [2.05, 4.69) is 10.3 Å². The maximum Gasteiger partial charge on any atom is 0.360 e. The Bertz CT molecular complexity index is 1170. The molecule has 0 saturated carbocycles. The Hall–Kier alpha value is -3.29. The smallest absolute Gasteiger partial charge is 0.360 e. The van der Waals surface area contributed by atoms with Crippen molar-refractivity contribution in [1.82, 2.24) is 19.1 Å². The second-order valence-corrected chi connectivity index (χ2v) is 8.23. The third-order valence-electron chi connectivity index (χ3n) is 3.94. The van der Waals surface area contributed by atoms with E-state index in [-0.39, 0.29) is 53.2 Å². The molecule has 1 amide bonds. The van der Waals surface area contributed by atoms with E-state index in [9.17, 15) is 18.0 Å². The molecule has 2 aromatic rings. The molecular weight excluding hydrogens is 422 g/mol. The third kappa shape index (κ3) is 3.90. The number of oxime groups is 1. The number of hydrogen-bond donors (Lipinski definition) is 1. The molecule has 3 heterocycles. The molecule has 1 N–H and O–H groups in total. The fourth-order valence-corrected chi connectivity index (χ4v) is 4.07. The van der Waals surface area contributed by atoms with Crippen LogP contribution in [0.4, 0.5) is 4.79 Å². The largest absolute Gasteiger partial charge is 0.471 e. The highest BCUT2D eigenvalue weighted by Gasteiger charge is 2.34. The van der Waals surface area contributed by atoms with Gasteiger partial charge < -0.3 is 18.7 Å². The first-order valence-corrected chi connectivity index (χ1v) is 10.3. The van der Waals surface area contributed by atoms with E-state index >= 15 is 0 Å². The number of rotatable bonds is 5. The number of nitrogens with one attached hydrogen (secondary N) is 1. The van der Waals surface area contributed by atoms with Gasteiger partial charge in [-0.05, 0) is 32.9 Å². The Morgan fingerprint density at radius 2 is 1.93 bits per heavy atom. The van der Waals surface area contributed by atoms with E-state index < -0.39 is 21.7 Å². The van der Waals surface area contributed by atoms with Crippen LogP contribution in [0.1, 0.15) is 30.9 Å². The van der Waals surface area contributed by atoms with E-state index in [0.29, 0.717) is 4.68 Å². The van der Waals surface area contributed by atoms with Crippen molar-refractivity contribution in [2.24, 2.45) is 12.2 Å². The Labute approximate surface area is 171 Å². The van der Waals surface area contributed by atoms with Crippen LogP contribution < -0.4 is 15.1 Å². The molecule has 0 fully saturated rings. The van der Waals surface area contributed by atoms with Gasteiger partial charge in [0.2, 0.25) is 0 Å². The van der Waals surface area contributed by atoms with Crippen LogP contribution in [0, 0.1) is 13.8 Å². The van der Waals surface area contributed by atoms with Crippen LogP contribution >= 0.6 is 0 Å². The molecule has 0 unspecified atom stereocenters. The summed E-state index contributed by atoms with van der Waals surface area (Å²) in [5.41, 5.74) is -0.864. The van der Waals surface area contributed by atoms with E-state index in [1.54, 1.807) is 13.8 Å². The molecule has 0 atom stereocenters. The highest BCUT2D eigenvalue weighted by atomic mass is 32.2. The summed E-state index contributed by atoms with van der Waals surface area (Å²) in [4.78, 5) is 29.4. The number of amides is 1. The summed E-state index contributed by atoms with van der Waals surface area (Å²) in [5, 5.41) is 7.46. The minimum absolute atomic E-state index is 0.00290. The van der Waals surface area contributed by atoms with Crippen molar-refractivity contribution < 1.29 is 31.9 Å². The molecule has 14 heteroatoms. The van der Waals surface area contributed by atoms with Gasteiger partial charge in [-0.2, -0.15) is 0 Å². The van der Waals surface area contributed by atoms with Crippen LogP contribution in [0.5, 0.6) is 6.01 Å². The normalized spacial score (nSPS) is 14.1. The lowest BCUT2D eigenvalue weighted by Crippen LogP contribution is -2.41. The fourth-order valence-electron chi connectivity index (χ4n) is 2.73. The minimum Gasteiger partial charge on any atom is -0.471 e. The van der Waals surface area contributed by atoms with Crippen molar-refractivity contribution >= 4 is 22.0 Å². The van der Waals surface area contributed by atoms with Crippen molar-refractivity contribution in [3.63, 3.8) is 0 Å². The topological polar surface area (TPSA) is 156 Å². The molecule has 164 valence electrons. The summed E-state index contributed by atoms with van der Waals surface area (Å²) in [6.07, 6.45) is -0.316. The van der Waals surface area contributed by atoms with Gasteiger partial charge in [0.15, 0.2) is 6.61 Å². The number of carbonyl (C=O) groups is 1. The minimum atomic E-state index is -4.50. The number of hydrogen-bond acceptors (Lipinski definition) is 10. The van der Waals surface area contributed by atoms with Gasteiger partial charge in [-0.1, -0.05) is 0 Å². The summed E-state index contributed by atoms with van der Waals surface area (Å²) in [7, 11) is -3.16. The average Bonchev–Trinajstić information content (AvgIpc) is 3.12. The van der Waals surface area contributed by atoms with Gasteiger partial charge in [0.25, 0.3) is 15.9 Å². The summed E-state index contributed by atoms with van der Waals surface area (Å²) >= 11 is 0. The second-order valence-electron chi connectivity index (χ2n) is 6.61. The average molecular weight is 443 g/mol. The zero-order chi connectivity index (χ0) is 22.2. The molecular formula is C16H21N5O8S. The van der Waals surface area contributed by atoms with Gasteiger partial charge in [-0.25, -0.2) is 27.3 Å². The van der Waals surface area contributed by atoms with Crippen LogP contribution in [0.3, 0.4) is 0 Å². The van der Waals surface area contributed by atoms with Crippen molar-refractivity contribution in [3.8, 4) is 6.01 Å². The van der Waals surface area contributed by atoms with Crippen LogP contribution in [0.2, 0.25) is 0 Å². The van der Waals surface area contributed by atoms with E-state index in [0.717, 1.165) is 4.57 Å². The van der Waals surface area contributed by atoms with Gasteiger partial charge >= 0.3 is 17.7 Å². The highest BCUT2D eigenvalue weighted by molar-refractivity contribution is 7.90. The first kappa shape index (κ1) is 21.4. The van der Waals surface area contributed by atoms with Crippen molar-refractivity contribution in [1.29, 1.82) is 0 Å². The maximum absolute atomic E-state index is 13.0. The second kappa shape index (κ2) is 7.85. The molecule has 13 nitrogen and oxygen atoms in total. The number of aromatic nitrogens is 3. The SMILES string of the molecule is Cc1oc(C)c(S(=O)(=O)NC(=O)n2nc(OC(C)C)n(C)c2=O)c1C1=NOCCO1. The van der Waals surface area contributed by atoms with Crippen molar-refractivity contribution in [2.75, 3.05) is 13.2 Å². The number of ether oxygens (including phenoxy) is 2. The molecule has 1 aliphatic rings. The predicted octanol–water partition coefficient (Wildman–Crippen LogP) is 0.234. The number of nitrogens with zero attached hydrogens (tertiary/aromatic N) is 4. The molecule has 0 aromatic carbocycles. The first-order chi connectivity index (χ1) is 14.0. The third-order valence-corrected chi connectivity index (χ3v) is 5.42. The predicted molar refractivity (Wildman–Crippen MR) is 101 cm³/mol. The number of furan rings is 1. The molecule has 2 aromatic heterocycles. The quantitative estimate of drug-likeness (QED) is 0.683. The van der Waals surface area contributed by atoms with E-state index in [4.69, 9.17) is 18.7 Å². The molecule has 30 heavy (non-hydrogen) atoms. The fraction of sp³-hybridized carbons (Fsp3) is 0.500. The summed E-state index contributed by atoms with van der Waals surface area (Å²) in [5.74, 6) is 0.107. The Morgan fingerprint density at radius 3 is 2.53 bits per heavy atom. The Balaban J connectivity index is 1.98. The lowest BCUT2D eigenvalue weighted by Gasteiger charge is -2.14. The van der Waals surface area contributed by atoms with Gasteiger partial charge in [0, 0.05) is 7.05 Å². The number of sulfonamides is 1. The van der Waals surface area contributed by atoms with Crippen LogP contribution in [-0.4, -0.2) is 54.0 Å². The van der Waals surface area contributed by atoms with E-state index in [1.807, 2.05) is 4.72 Å². The van der Waals surface area contributed by atoms with E-state index in [1.165, 1.54) is 20.9 Å². The Morgan fingerprint density at radius 1 is 1.23 bits per heavy atom. The van der Waals surface area contributed by atoms with Gasteiger partial charge in [-0.15, -0.1) is 9.78 Å². The highest BCUT2D eigenvalue weighted by Crippen LogP contribution is 2.28. The van der Waals surface area contributed by atoms with Crippen molar-refractivity contribution in [3.05, 3.63) is 27.6 Å². The van der Waals surface area contributed by atoms with Crippen LogP contribution in [0.15, 0.2) is 19.3 Å². The van der Waals surface area contributed by atoms with Crippen LogP contribution in [-0.2, 0) is 26.6 Å². The maximum atomic E-state index is 13.0. The molecule has 0 radical (unpaired) electrons. The van der Waals surface area contributed by atoms with Crippen LogP contribution in [0.25, 0.3) is 0 Å². The standard InChI is InChI=1S/C16H21N5O8S/c1-8(2)28-15-17-21(16(23)20(15)5)14(22)19-30(24,25)12-10(4)29-9(3)11(12)13-18-27-7-6-26-13/h8H,6-7H2,1-5H3,(H,19,22). The lowest BCUT2D eigenvalue weighted by molar-refractivity contribution is 0.0652. The molecule has 0 spiro atoms. The molecule has 1 aliphatic heterocycles. The zero-order valence-electron chi connectivity index (χ0n) is 17.0. The Kier molecular flexibility index (Phi) is 5.61. The molecule has 0 bridgehead atoms. The van der Waals surface area contributed by atoms with Gasteiger partial charge in [-0.3, -0.25) is 0 Å². The monoisotopic (exact) mass is 443 g/mol. The zero-order valence-corrected chi connectivity index (χ0v) is 17.8. The van der Waals surface area contributed by atoms with Gasteiger partial charge in [0.1, 0.15) is 28.6 Å². The first-order valence-electron chi connectivity index (χ1n) is 8.86. The van der Waals surface area contributed by atoms with Gasteiger partial charge in [0.05, 0.1) is 6.10 Å². The van der Waals surface area contributed by atoms with Crippen molar-refractivity contribution in [2.45, 2.75) is 38.7 Å². The number of carbonyl (C=O) groups excluding carboxylic acids is 1. The molecule has 3 rings (SSSR count). The summed E-state index contributed by atoms with van der Waals surface area (Å²) in [6, 6.07) is -1.43. The summed E-state index contributed by atoms with van der Waals surface area (Å²) < 4.78 is 45.2. The molecule has 0 aliphatic carbocycles. The lowest BCUT2D eigenvalue weighted by atomic mass is 10.2.